The number of pyridine rings is 1. The van der Waals surface area contributed by atoms with E-state index >= 15 is 0 Å². The molecule has 0 unspecified atom stereocenters. The standard InChI is InChI=1S/C20H16N4O3S/c1-10-9-14(15-11(2)24-27-19(15)21-10)18(26)23-20-22-16(17(28-20)12(3)25)13-7-5-4-6-8-13/h4-9H,1-3H3,(H,22,23,26). The molecular formula is C20H16N4O3S. The highest BCUT2D eigenvalue weighted by Crippen LogP contribution is 2.32. The van der Waals surface area contributed by atoms with Crippen molar-refractivity contribution in [3.63, 3.8) is 0 Å². The van der Waals surface area contributed by atoms with Crippen LogP contribution in [0.15, 0.2) is 40.9 Å². The van der Waals surface area contributed by atoms with Gasteiger partial charge in [-0.3, -0.25) is 14.9 Å². The predicted octanol–water partition coefficient (Wildman–Crippen LogP) is 4.42. The van der Waals surface area contributed by atoms with Crippen LogP contribution in [-0.4, -0.2) is 26.8 Å². The number of carbonyl (C=O) groups excluding carboxylic acids is 2. The molecule has 3 heterocycles. The molecule has 0 fully saturated rings. The first-order valence-corrected chi connectivity index (χ1v) is 9.38. The highest BCUT2D eigenvalue weighted by Gasteiger charge is 2.21. The summed E-state index contributed by atoms with van der Waals surface area (Å²) in [6.07, 6.45) is 0. The van der Waals surface area contributed by atoms with Crippen LogP contribution in [0.5, 0.6) is 0 Å². The summed E-state index contributed by atoms with van der Waals surface area (Å²) in [7, 11) is 0. The van der Waals surface area contributed by atoms with Crippen LogP contribution >= 0.6 is 11.3 Å². The monoisotopic (exact) mass is 392 g/mol. The number of rotatable bonds is 4. The average molecular weight is 392 g/mol. The number of hydrogen-bond donors (Lipinski definition) is 1. The van der Waals surface area contributed by atoms with Crippen molar-refractivity contribution >= 4 is 39.3 Å². The number of amides is 1. The molecule has 1 amide bonds. The van der Waals surface area contributed by atoms with Crippen LogP contribution in [0.25, 0.3) is 22.4 Å². The predicted molar refractivity (Wildman–Crippen MR) is 107 cm³/mol. The number of nitrogens with zero attached hydrogens (tertiary/aromatic N) is 3. The zero-order chi connectivity index (χ0) is 19.8. The molecule has 4 rings (SSSR count). The highest BCUT2D eigenvalue weighted by molar-refractivity contribution is 7.18. The molecule has 0 aliphatic rings. The molecule has 0 aliphatic heterocycles. The first kappa shape index (κ1) is 18.0. The number of aryl methyl sites for hydroxylation is 2. The van der Waals surface area contributed by atoms with Gasteiger partial charge in [0.15, 0.2) is 10.9 Å². The number of thiazole rings is 1. The van der Waals surface area contributed by atoms with Gasteiger partial charge >= 0.3 is 0 Å². The summed E-state index contributed by atoms with van der Waals surface area (Å²) in [5.41, 5.74) is 3.33. The summed E-state index contributed by atoms with van der Waals surface area (Å²) in [6, 6.07) is 11.1. The highest BCUT2D eigenvalue weighted by atomic mass is 32.1. The Morgan fingerprint density at radius 1 is 1.11 bits per heavy atom. The number of hydrogen-bond acceptors (Lipinski definition) is 7. The maximum absolute atomic E-state index is 12.9. The van der Waals surface area contributed by atoms with Crippen molar-refractivity contribution < 1.29 is 14.1 Å². The van der Waals surface area contributed by atoms with Crippen molar-refractivity contribution in [1.82, 2.24) is 15.1 Å². The van der Waals surface area contributed by atoms with Crippen LogP contribution in [0.4, 0.5) is 5.13 Å². The van der Waals surface area contributed by atoms with Gasteiger partial charge in [0.2, 0.25) is 0 Å². The van der Waals surface area contributed by atoms with E-state index in [2.05, 4.69) is 20.4 Å². The third-order valence-electron chi connectivity index (χ3n) is 4.20. The Balaban J connectivity index is 1.73. The smallest absolute Gasteiger partial charge is 0.258 e. The molecule has 4 aromatic rings. The fraction of sp³-hybridized carbons (Fsp3) is 0.150. The zero-order valence-corrected chi connectivity index (χ0v) is 16.3. The molecule has 1 aromatic carbocycles. The van der Waals surface area contributed by atoms with Crippen LogP contribution < -0.4 is 5.32 Å². The molecule has 140 valence electrons. The molecule has 7 nitrogen and oxygen atoms in total. The number of anilines is 1. The van der Waals surface area contributed by atoms with Crippen molar-refractivity contribution in [2.45, 2.75) is 20.8 Å². The van der Waals surface area contributed by atoms with Gasteiger partial charge in [-0.25, -0.2) is 9.97 Å². The van der Waals surface area contributed by atoms with Crippen molar-refractivity contribution in [3.05, 3.63) is 58.2 Å². The number of carbonyl (C=O) groups is 2. The van der Waals surface area contributed by atoms with Gasteiger partial charge < -0.3 is 4.52 Å². The van der Waals surface area contributed by atoms with E-state index in [1.54, 1.807) is 19.9 Å². The fourth-order valence-electron chi connectivity index (χ4n) is 2.97. The minimum absolute atomic E-state index is 0.103. The van der Waals surface area contributed by atoms with Gasteiger partial charge in [-0.2, -0.15) is 0 Å². The summed E-state index contributed by atoms with van der Waals surface area (Å²) >= 11 is 1.15. The van der Waals surface area contributed by atoms with Gasteiger partial charge in [0, 0.05) is 18.2 Å². The van der Waals surface area contributed by atoms with Crippen molar-refractivity contribution in [1.29, 1.82) is 0 Å². The SMILES string of the molecule is CC(=O)c1sc(NC(=O)c2cc(C)nc3onc(C)c23)nc1-c1ccccc1. The Morgan fingerprint density at radius 3 is 2.57 bits per heavy atom. The van der Waals surface area contributed by atoms with Crippen LogP contribution in [0.3, 0.4) is 0 Å². The molecular weight excluding hydrogens is 376 g/mol. The van der Waals surface area contributed by atoms with E-state index in [0.29, 0.717) is 43.8 Å². The Morgan fingerprint density at radius 2 is 1.86 bits per heavy atom. The first-order valence-electron chi connectivity index (χ1n) is 8.56. The molecule has 0 atom stereocenters. The lowest BCUT2D eigenvalue weighted by molar-refractivity contribution is 0.101. The van der Waals surface area contributed by atoms with Crippen LogP contribution in [0.1, 0.15) is 38.3 Å². The molecule has 0 bridgehead atoms. The summed E-state index contributed by atoms with van der Waals surface area (Å²) < 4.78 is 5.18. The van der Waals surface area contributed by atoms with Gasteiger partial charge in [-0.1, -0.05) is 46.8 Å². The molecule has 0 aliphatic carbocycles. The second kappa shape index (κ2) is 6.97. The average Bonchev–Trinajstić information content (AvgIpc) is 3.26. The Bertz CT molecular complexity index is 1210. The first-order chi connectivity index (χ1) is 13.4. The molecule has 8 heteroatoms. The Hall–Kier alpha value is -3.39. The lowest BCUT2D eigenvalue weighted by Gasteiger charge is -2.04. The van der Waals surface area contributed by atoms with Gasteiger partial charge in [0.25, 0.3) is 11.6 Å². The van der Waals surface area contributed by atoms with E-state index in [0.717, 1.165) is 16.9 Å². The van der Waals surface area contributed by atoms with Gasteiger partial charge in [-0.05, 0) is 19.9 Å². The summed E-state index contributed by atoms with van der Waals surface area (Å²) in [4.78, 5) is 34.2. The van der Waals surface area contributed by atoms with Crippen molar-refractivity contribution in [2.75, 3.05) is 5.32 Å². The fourth-order valence-corrected chi connectivity index (χ4v) is 3.84. The summed E-state index contributed by atoms with van der Waals surface area (Å²) in [5, 5.41) is 7.61. The Labute approximate surface area is 164 Å². The number of aromatic nitrogens is 3. The number of nitrogens with one attached hydrogen (secondary N) is 1. The Kier molecular flexibility index (Phi) is 4.48. The van der Waals surface area contributed by atoms with E-state index in [9.17, 15) is 9.59 Å². The molecule has 0 radical (unpaired) electrons. The normalized spacial score (nSPS) is 11.0. The van der Waals surface area contributed by atoms with Gasteiger partial charge in [0.1, 0.15) is 0 Å². The molecule has 3 aromatic heterocycles. The maximum Gasteiger partial charge on any atom is 0.258 e. The second-order valence-corrected chi connectivity index (χ2v) is 7.33. The molecule has 0 spiro atoms. The van der Waals surface area contributed by atoms with E-state index in [1.165, 1.54) is 6.92 Å². The second-order valence-electron chi connectivity index (χ2n) is 6.33. The summed E-state index contributed by atoms with van der Waals surface area (Å²) in [5.74, 6) is -0.459. The lowest BCUT2D eigenvalue weighted by Crippen LogP contribution is -2.13. The van der Waals surface area contributed by atoms with Crippen LogP contribution in [0, 0.1) is 13.8 Å². The molecule has 0 saturated carbocycles. The van der Waals surface area contributed by atoms with Crippen molar-refractivity contribution in [3.8, 4) is 11.3 Å². The van der Waals surface area contributed by atoms with Crippen LogP contribution in [-0.2, 0) is 0 Å². The largest absolute Gasteiger partial charge is 0.336 e. The third kappa shape index (κ3) is 3.18. The topological polar surface area (TPSA) is 98.0 Å². The molecule has 28 heavy (non-hydrogen) atoms. The number of benzene rings is 1. The van der Waals surface area contributed by atoms with E-state index in [-0.39, 0.29) is 11.7 Å². The third-order valence-corrected chi connectivity index (χ3v) is 5.28. The lowest BCUT2D eigenvalue weighted by atomic mass is 10.1. The molecule has 0 saturated heterocycles. The number of ketones is 1. The minimum Gasteiger partial charge on any atom is -0.336 e. The van der Waals surface area contributed by atoms with E-state index in [4.69, 9.17) is 4.52 Å². The van der Waals surface area contributed by atoms with E-state index in [1.807, 2.05) is 30.3 Å². The number of Topliss-reactive ketones (excluding diaryl/α,β-unsaturated/α-hetero) is 1. The van der Waals surface area contributed by atoms with Gasteiger partial charge in [-0.15, -0.1) is 0 Å². The van der Waals surface area contributed by atoms with Gasteiger partial charge in [0.05, 0.1) is 27.2 Å². The quantitative estimate of drug-likeness (QED) is 0.516. The van der Waals surface area contributed by atoms with E-state index < -0.39 is 0 Å². The zero-order valence-electron chi connectivity index (χ0n) is 15.4. The minimum atomic E-state index is -0.356. The maximum atomic E-state index is 12.9. The molecule has 1 N–H and O–H groups in total. The number of fused-ring (bicyclic) bond motifs is 1. The summed E-state index contributed by atoms with van der Waals surface area (Å²) in [6.45, 7) is 5.02. The van der Waals surface area contributed by atoms with Crippen LogP contribution in [0.2, 0.25) is 0 Å². The van der Waals surface area contributed by atoms with Crippen molar-refractivity contribution in [2.24, 2.45) is 0 Å².